The number of amides is 3. The van der Waals surface area contributed by atoms with Crippen molar-refractivity contribution in [3.8, 4) is 0 Å². The van der Waals surface area contributed by atoms with E-state index in [1.165, 1.54) is 0 Å². The van der Waals surface area contributed by atoms with Crippen LogP contribution in [0.2, 0.25) is 0 Å². The average Bonchev–Trinajstić information content (AvgIpc) is 2.94. The van der Waals surface area contributed by atoms with E-state index in [0.717, 1.165) is 5.69 Å². The maximum Gasteiger partial charge on any atom is 0.320 e. The topological polar surface area (TPSA) is 72.5 Å². The van der Waals surface area contributed by atoms with Crippen molar-refractivity contribution in [2.24, 2.45) is 0 Å². The minimum Gasteiger partial charge on any atom is -0.335 e. The molecule has 1 fully saturated rings. The number of carbonyl (C=O) groups excluding carboxylic acids is 2. The van der Waals surface area contributed by atoms with E-state index < -0.39 is 0 Å². The molecule has 2 rings (SSSR count). The van der Waals surface area contributed by atoms with E-state index in [9.17, 15) is 9.59 Å². The zero-order valence-corrected chi connectivity index (χ0v) is 12.9. The molecule has 1 aliphatic heterocycles. The Morgan fingerprint density at radius 2 is 1.76 bits per heavy atom. The highest BCUT2D eigenvalue weighted by atomic mass is 16.2. The molecule has 1 saturated heterocycles. The van der Waals surface area contributed by atoms with Crippen LogP contribution in [0.3, 0.4) is 0 Å². The normalized spacial score (nSPS) is 15.2. The third-order valence-corrected chi connectivity index (χ3v) is 3.93. The van der Waals surface area contributed by atoms with Gasteiger partial charge in [-0.1, -0.05) is 0 Å². The number of piperazine rings is 1. The molecule has 7 heteroatoms. The summed E-state index contributed by atoms with van der Waals surface area (Å²) in [6.07, 6.45) is 1.56. The van der Waals surface area contributed by atoms with Crippen molar-refractivity contribution >= 4 is 11.9 Å². The highest BCUT2D eigenvalue weighted by molar-refractivity contribution is 5.95. The molecule has 0 bridgehead atoms. The fourth-order valence-electron chi connectivity index (χ4n) is 2.53. The van der Waals surface area contributed by atoms with Crippen molar-refractivity contribution in [1.29, 1.82) is 0 Å². The fraction of sp³-hybridized carbons (Fsp3) is 0.643. The number of carbonyl (C=O) groups is 2. The molecule has 0 spiro atoms. The van der Waals surface area contributed by atoms with E-state index in [2.05, 4.69) is 10.2 Å². The van der Waals surface area contributed by atoms with Crippen LogP contribution in [0, 0.1) is 6.92 Å². The lowest BCUT2D eigenvalue weighted by Crippen LogP contribution is -2.54. The van der Waals surface area contributed by atoms with E-state index in [-0.39, 0.29) is 11.9 Å². The third kappa shape index (κ3) is 3.17. The quantitative estimate of drug-likeness (QED) is 0.901. The zero-order chi connectivity index (χ0) is 15.4. The number of aromatic amines is 1. The Morgan fingerprint density at radius 3 is 2.24 bits per heavy atom. The van der Waals surface area contributed by atoms with Crippen LogP contribution < -0.4 is 0 Å². The molecule has 7 nitrogen and oxygen atoms in total. The van der Waals surface area contributed by atoms with E-state index in [0.29, 0.717) is 44.8 Å². The lowest BCUT2D eigenvalue weighted by Gasteiger charge is -2.37. The molecule has 1 aromatic rings. The molecule has 0 radical (unpaired) electrons. The SMILES string of the molecule is CCN(CC)C(=O)N1CCN(C(=O)c2cn[nH]c2C)CC1. The maximum absolute atomic E-state index is 12.4. The molecular formula is C14H23N5O2. The number of hydrogen-bond acceptors (Lipinski definition) is 3. The van der Waals surface area contributed by atoms with Gasteiger partial charge in [0.05, 0.1) is 11.8 Å². The number of hydrogen-bond donors (Lipinski definition) is 1. The van der Waals surface area contributed by atoms with Gasteiger partial charge in [0.25, 0.3) is 5.91 Å². The van der Waals surface area contributed by atoms with Crippen LogP contribution in [0.15, 0.2) is 6.20 Å². The fourth-order valence-corrected chi connectivity index (χ4v) is 2.53. The first-order chi connectivity index (χ1) is 10.1. The van der Waals surface area contributed by atoms with E-state index in [1.807, 2.05) is 25.7 Å². The number of aromatic nitrogens is 2. The summed E-state index contributed by atoms with van der Waals surface area (Å²) >= 11 is 0. The molecule has 0 unspecified atom stereocenters. The van der Waals surface area contributed by atoms with Crippen LogP contribution in [-0.4, -0.2) is 76.1 Å². The van der Waals surface area contributed by atoms with Gasteiger partial charge in [0.15, 0.2) is 0 Å². The summed E-state index contributed by atoms with van der Waals surface area (Å²) in [5.41, 5.74) is 1.39. The van der Waals surface area contributed by atoms with E-state index >= 15 is 0 Å². The summed E-state index contributed by atoms with van der Waals surface area (Å²) in [4.78, 5) is 30.0. The van der Waals surface area contributed by atoms with Crippen LogP contribution in [0.5, 0.6) is 0 Å². The van der Waals surface area contributed by atoms with Crippen LogP contribution in [-0.2, 0) is 0 Å². The van der Waals surface area contributed by atoms with E-state index in [1.54, 1.807) is 16.0 Å². The summed E-state index contributed by atoms with van der Waals surface area (Å²) in [7, 11) is 0. The molecule has 0 atom stereocenters. The molecule has 21 heavy (non-hydrogen) atoms. The second-order valence-corrected chi connectivity index (χ2v) is 5.14. The van der Waals surface area contributed by atoms with Gasteiger partial charge in [-0.25, -0.2) is 4.79 Å². The molecule has 0 aliphatic carbocycles. The van der Waals surface area contributed by atoms with Crippen molar-refractivity contribution in [3.05, 3.63) is 17.5 Å². The van der Waals surface area contributed by atoms with Crippen LogP contribution in [0.25, 0.3) is 0 Å². The molecule has 0 saturated carbocycles. The molecule has 1 aromatic heterocycles. The van der Waals surface area contributed by atoms with Crippen molar-refractivity contribution in [1.82, 2.24) is 24.9 Å². The second-order valence-electron chi connectivity index (χ2n) is 5.14. The van der Waals surface area contributed by atoms with Crippen molar-refractivity contribution in [2.45, 2.75) is 20.8 Å². The monoisotopic (exact) mass is 293 g/mol. The number of nitrogens with one attached hydrogen (secondary N) is 1. The predicted molar refractivity (Wildman–Crippen MR) is 79.1 cm³/mol. The van der Waals surface area contributed by atoms with Crippen LogP contribution >= 0.6 is 0 Å². The third-order valence-electron chi connectivity index (χ3n) is 3.93. The minimum atomic E-state index is -0.0174. The lowest BCUT2D eigenvalue weighted by atomic mass is 10.2. The standard InChI is InChI=1S/C14H23N5O2/c1-4-17(5-2)14(21)19-8-6-18(7-9-19)13(20)12-10-15-16-11(12)3/h10H,4-9H2,1-3H3,(H,15,16). The Bertz CT molecular complexity index is 501. The van der Waals surface area contributed by atoms with Gasteiger partial charge >= 0.3 is 6.03 Å². The maximum atomic E-state index is 12.4. The van der Waals surface area contributed by atoms with Crippen molar-refractivity contribution < 1.29 is 9.59 Å². The Labute approximate surface area is 124 Å². The summed E-state index contributed by atoms with van der Waals surface area (Å²) in [5.74, 6) is -0.0174. The minimum absolute atomic E-state index is 0.0174. The highest BCUT2D eigenvalue weighted by Crippen LogP contribution is 2.11. The van der Waals surface area contributed by atoms with Gasteiger partial charge in [-0.15, -0.1) is 0 Å². The smallest absolute Gasteiger partial charge is 0.320 e. The van der Waals surface area contributed by atoms with E-state index in [4.69, 9.17) is 0 Å². The van der Waals surface area contributed by atoms with Crippen LogP contribution in [0.4, 0.5) is 4.79 Å². The number of nitrogens with zero attached hydrogens (tertiary/aromatic N) is 4. The van der Waals surface area contributed by atoms with Gasteiger partial charge < -0.3 is 14.7 Å². The first kappa shape index (κ1) is 15.3. The molecule has 0 aromatic carbocycles. The molecule has 1 aliphatic rings. The Balaban J connectivity index is 1.93. The largest absolute Gasteiger partial charge is 0.335 e. The van der Waals surface area contributed by atoms with Gasteiger partial charge in [-0.3, -0.25) is 9.89 Å². The summed E-state index contributed by atoms with van der Waals surface area (Å²) in [6, 6.07) is 0.0617. The molecule has 116 valence electrons. The highest BCUT2D eigenvalue weighted by Gasteiger charge is 2.27. The average molecular weight is 293 g/mol. The summed E-state index contributed by atoms with van der Waals surface area (Å²) < 4.78 is 0. The first-order valence-corrected chi connectivity index (χ1v) is 7.41. The number of aryl methyl sites for hydroxylation is 1. The van der Waals surface area contributed by atoms with Crippen LogP contribution in [0.1, 0.15) is 29.9 Å². The number of urea groups is 1. The van der Waals surface area contributed by atoms with Gasteiger partial charge in [0.2, 0.25) is 0 Å². The summed E-state index contributed by atoms with van der Waals surface area (Å²) in [5, 5.41) is 6.66. The molecule has 1 N–H and O–H groups in total. The van der Waals surface area contributed by atoms with Crippen molar-refractivity contribution in [3.63, 3.8) is 0 Å². The predicted octanol–water partition coefficient (Wildman–Crippen LogP) is 0.938. The Hall–Kier alpha value is -2.05. The number of H-pyrrole nitrogens is 1. The second kappa shape index (κ2) is 6.60. The van der Waals surface area contributed by atoms with Gasteiger partial charge in [-0.05, 0) is 20.8 Å². The summed E-state index contributed by atoms with van der Waals surface area (Å²) in [6.45, 7) is 9.50. The molecule has 2 heterocycles. The lowest BCUT2D eigenvalue weighted by molar-refractivity contribution is 0.0641. The molecular weight excluding hydrogens is 270 g/mol. The van der Waals surface area contributed by atoms with Crippen molar-refractivity contribution in [2.75, 3.05) is 39.3 Å². The van der Waals surface area contributed by atoms with Gasteiger partial charge in [0.1, 0.15) is 0 Å². The Kier molecular flexibility index (Phi) is 4.82. The zero-order valence-electron chi connectivity index (χ0n) is 12.9. The van der Waals surface area contributed by atoms with Gasteiger partial charge in [0, 0.05) is 45.0 Å². The molecule has 3 amide bonds. The Morgan fingerprint density at radius 1 is 1.19 bits per heavy atom. The number of rotatable bonds is 3. The first-order valence-electron chi connectivity index (χ1n) is 7.41. The van der Waals surface area contributed by atoms with Gasteiger partial charge in [-0.2, -0.15) is 5.10 Å².